The Bertz CT molecular complexity index is 1210. The number of hydrogen-bond donors (Lipinski definition) is 0. The molecule has 0 N–H and O–H groups in total. The van der Waals surface area contributed by atoms with Crippen molar-refractivity contribution >= 4 is 5.97 Å². The molecular weight excluding hydrogens is 500 g/mol. The first-order valence-corrected chi connectivity index (χ1v) is 12.6. The summed E-state index contributed by atoms with van der Waals surface area (Å²) in [6, 6.07) is 14.3. The molecule has 1 atom stereocenters. The normalized spacial score (nSPS) is 12.2. The lowest BCUT2D eigenvalue weighted by Crippen LogP contribution is -2.16. The van der Waals surface area contributed by atoms with Crippen LogP contribution in [-0.2, 0) is 28.5 Å². The summed E-state index contributed by atoms with van der Waals surface area (Å²) in [6.45, 7) is 6.32. The van der Waals surface area contributed by atoms with Crippen molar-refractivity contribution in [3.8, 4) is 22.6 Å². The molecule has 0 amide bonds. The number of carbonyl (C=O) groups is 1. The van der Waals surface area contributed by atoms with E-state index in [0.717, 1.165) is 29.7 Å². The molecule has 0 aliphatic heterocycles. The fourth-order valence-corrected chi connectivity index (χ4v) is 4.02. The van der Waals surface area contributed by atoms with Crippen molar-refractivity contribution in [1.82, 2.24) is 0 Å². The van der Waals surface area contributed by atoms with Crippen LogP contribution in [0.5, 0.6) is 11.5 Å². The van der Waals surface area contributed by atoms with Crippen molar-refractivity contribution in [2.75, 3.05) is 13.2 Å². The van der Waals surface area contributed by atoms with Crippen LogP contribution in [-0.4, -0.2) is 25.3 Å². The molecule has 0 fully saturated rings. The van der Waals surface area contributed by atoms with E-state index in [0.29, 0.717) is 43.8 Å². The van der Waals surface area contributed by atoms with Gasteiger partial charge in [-0.1, -0.05) is 25.1 Å². The van der Waals surface area contributed by atoms with Gasteiger partial charge < -0.3 is 14.2 Å². The Labute approximate surface area is 220 Å². The molecule has 0 aliphatic rings. The van der Waals surface area contributed by atoms with Gasteiger partial charge in [-0.3, -0.25) is 4.79 Å². The number of hydrogen-bond acceptors (Lipinski definition) is 4. The maximum atomic E-state index is 13.4. The summed E-state index contributed by atoms with van der Waals surface area (Å²) in [5.74, 6) is 0.262. The predicted octanol–water partition coefficient (Wildman–Crippen LogP) is 7.81. The topological polar surface area (TPSA) is 44.8 Å². The van der Waals surface area contributed by atoms with Gasteiger partial charge >= 0.3 is 12.1 Å². The summed E-state index contributed by atoms with van der Waals surface area (Å²) in [5.41, 5.74) is 2.01. The number of rotatable bonds is 12. The van der Waals surface area contributed by atoms with Gasteiger partial charge in [-0.05, 0) is 85.8 Å². The Hall–Kier alpha value is -3.55. The lowest BCUT2D eigenvalue weighted by atomic mass is 10.0. The van der Waals surface area contributed by atoms with E-state index in [1.807, 2.05) is 32.0 Å². The van der Waals surface area contributed by atoms with Crippen molar-refractivity contribution in [1.29, 1.82) is 0 Å². The van der Waals surface area contributed by atoms with Crippen LogP contribution < -0.4 is 9.47 Å². The van der Waals surface area contributed by atoms with Gasteiger partial charge in [0.1, 0.15) is 17.3 Å². The third-order valence-corrected chi connectivity index (χ3v) is 6.05. The number of carbonyl (C=O) groups excluding carboxylic acids is 1. The summed E-state index contributed by atoms with van der Waals surface area (Å²) < 4.78 is 70.2. The van der Waals surface area contributed by atoms with Gasteiger partial charge in [0.25, 0.3) is 0 Å². The van der Waals surface area contributed by atoms with Gasteiger partial charge in [0.15, 0.2) is 0 Å². The molecular formula is C30H32F4O4. The Morgan fingerprint density at radius 2 is 1.68 bits per heavy atom. The number of alkyl halides is 3. The second-order valence-corrected chi connectivity index (χ2v) is 8.87. The standard InChI is InChI=1S/C30H32F4O4/c1-4-21-18-26(13-8-22(21)9-15-29(35)36-5-2)37-17-16-20(3)38-28-14-10-24(30(32,33)34)19-27(28)23-6-11-25(31)12-7-23/h6-8,10-14,18-20H,4-5,9,15-17H2,1-3H3/t20-/m1/s1. The number of benzene rings is 3. The Kier molecular flexibility index (Phi) is 10.2. The van der Waals surface area contributed by atoms with E-state index in [9.17, 15) is 22.4 Å². The molecule has 0 aliphatic carbocycles. The van der Waals surface area contributed by atoms with Gasteiger partial charge in [-0.2, -0.15) is 13.2 Å². The highest BCUT2D eigenvalue weighted by Gasteiger charge is 2.31. The molecule has 0 aromatic heterocycles. The van der Waals surface area contributed by atoms with Gasteiger partial charge in [0.2, 0.25) is 0 Å². The number of halogens is 4. The summed E-state index contributed by atoms with van der Waals surface area (Å²) in [4.78, 5) is 11.7. The minimum Gasteiger partial charge on any atom is -0.493 e. The third-order valence-electron chi connectivity index (χ3n) is 6.05. The highest BCUT2D eigenvalue weighted by Crippen LogP contribution is 2.38. The quantitative estimate of drug-likeness (QED) is 0.176. The molecule has 3 aromatic rings. The molecule has 38 heavy (non-hydrogen) atoms. The molecule has 3 aromatic carbocycles. The fourth-order valence-electron chi connectivity index (χ4n) is 4.02. The van der Waals surface area contributed by atoms with Crippen LogP contribution in [0.15, 0.2) is 60.7 Å². The van der Waals surface area contributed by atoms with Crippen LogP contribution >= 0.6 is 0 Å². The van der Waals surface area contributed by atoms with E-state index in [2.05, 4.69) is 0 Å². The largest absolute Gasteiger partial charge is 0.493 e. The van der Waals surface area contributed by atoms with E-state index < -0.39 is 17.6 Å². The molecule has 0 radical (unpaired) electrons. The molecule has 0 spiro atoms. The van der Waals surface area contributed by atoms with Gasteiger partial charge in [-0.15, -0.1) is 0 Å². The first-order chi connectivity index (χ1) is 18.1. The van der Waals surface area contributed by atoms with E-state index >= 15 is 0 Å². The number of ether oxygens (including phenoxy) is 3. The molecule has 3 rings (SSSR count). The fraction of sp³-hybridized carbons (Fsp3) is 0.367. The van der Waals surface area contributed by atoms with Gasteiger partial charge in [-0.25, -0.2) is 4.39 Å². The first-order valence-electron chi connectivity index (χ1n) is 12.6. The first kappa shape index (κ1) is 29.0. The third kappa shape index (κ3) is 8.23. The number of aryl methyl sites for hydroxylation is 2. The maximum absolute atomic E-state index is 13.4. The lowest BCUT2D eigenvalue weighted by Gasteiger charge is -2.19. The SMILES string of the molecule is CCOC(=O)CCc1ccc(OCC[C@@H](C)Oc2ccc(C(F)(F)F)cc2-c2ccc(F)cc2)cc1CC. The summed E-state index contributed by atoms with van der Waals surface area (Å²) >= 11 is 0. The van der Waals surface area contributed by atoms with Crippen LogP contribution in [0.25, 0.3) is 11.1 Å². The molecule has 4 nitrogen and oxygen atoms in total. The van der Waals surface area contributed by atoms with E-state index in [-0.39, 0.29) is 23.4 Å². The van der Waals surface area contributed by atoms with E-state index in [4.69, 9.17) is 14.2 Å². The van der Waals surface area contributed by atoms with Gasteiger partial charge in [0, 0.05) is 18.4 Å². The molecule has 0 bridgehead atoms. The smallest absolute Gasteiger partial charge is 0.416 e. The molecule has 0 unspecified atom stereocenters. The summed E-state index contributed by atoms with van der Waals surface area (Å²) in [7, 11) is 0. The van der Waals surface area contributed by atoms with Crippen LogP contribution in [0.4, 0.5) is 17.6 Å². The Morgan fingerprint density at radius 3 is 2.34 bits per heavy atom. The van der Waals surface area contributed by atoms with Crippen molar-refractivity contribution in [3.63, 3.8) is 0 Å². The summed E-state index contributed by atoms with van der Waals surface area (Å²) in [6.07, 6.45) is -2.69. The zero-order valence-electron chi connectivity index (χ0n) is 21.7. The summed E-state index contributed by atoms with van der Waals surface area (Å²) in [5, 5.41) is 0. The van der Waals surface area contributed by atoms with Crippen molar-refractivity contribution in [2.45, 2.75) is 58.7 Å². The second-order valence-electron chi connectivity index (χ2n) is 8.87. The van der Waals surface area contributed by atoms with Crippen LogP contribution in [0.1, 0.15) is 50.3 Å². The van der Waals surface area contributed by atoms with Crippen LogP contribution in [0, 0.1) is 5.82 Å². The lowest BCUT2D eigenvalue weighted by molar-refractivity contribution is -0.143. The maximum Gasteiger partial charge on any atom is 0.416 e. The minimum absolute atomic E-state index is 0.223. The molecule has 0 saturated heterocycles. The monoisotopic (exact) mass is 532 g/mol. The van der Waals surface area contributed by atoms with Crippen molar-refractivity contribution in [2.24, 2.45) is 0 Å². The minimum atomic E-state index is -4.52. The van der Waals surface area contributed by atoms with Crippen molar-refractivity contribution in [3.05, 3.63) is 83.2 Å². The van der Waals surface area contributed by atoms with Crippen LogP contribution in [0.3, 0.4) is 0 Å². The Balaban J connectivity index is 1.63. The highest BCUT2D eigenvalue weighted by atomic mass is 19.4. The molecule has 0 saturated carbocycles. The molecule has 8 heteroatoms. The van der Waals surface area contributed by atoms with Gasteiger partial charge in [0.05, 0.1) is 24.9 Å². The average Bonchev–Trinajstić information content (AvgIpc) is 2.88. The van der Waals surface area contributed by atoms with E-state index in [1.165, 1.54) is 30.3 Å². The highest BCUT2D eigenvalue weighted by molar-refractivity contribution is 5.71. The molecule has 204 valence electrons. The zero-order chi connectivity index (χ0) is 27.7. The van der Waals surface area contributed by atoms with E-state index in [1.54, 1.807) is 6.92 Å². The average molecular weight is 533 g/mol. The number of esters is 1. The van der Waals surface area contributed by atoms with Crippen LogP contribution in [0.2, 0.25) is 0 Å². The second kappa shape index (κ2) is 13.3. The zero-order valence-corrected chi connectivity index (χ0v) is 21.7. The molecule has 0 heterocycles. The van der Waals surface area contributed by atoms with Crippen molar-refractivity contribution < 1.29 is 36.6 Å². The Morgan fingerprint density at radius 1 is 0.947 bits per heavy atom. The predicted molar refractivity (Wildman–Crippen MR) is 138 cm³/mol.